The molecule has 29 heavy (non-hydrogen) atoms. The summed E-state index contributed by atoms with van der Waals surface area (Å²) >= 11 is 1.34. The Labute approximate surface area is 174 Å². The van der Waals surface area contributed by atoms with E-state index >= 15 is 0 Å². The minimum Gasteiger partial charge on any atom is -0.496 e. The number of fused-ring (bicyclic) bond motifs is 1. The highest BCUT2D eigenvalue weighted by atomic mass is 32.1. The van der Waals surface area contributed by atoms with Crippen molar-refractivity contribution in [1.82, 2.24) is 10.2 Å². The van der Waals surface area contributed by atoms with Crippen molar-refractivity contribution in [2.45, 2.75) is 25.8 Å². The maximum absolute atomic E-state index is 14.2. The number of thiophene rings is 1. The summed E-state index contributed by atoms with van der Waals surface area (Å²) in [4.78, 5) is 16.0. The first-order valence-corrected chi connectivity index (χ1v) is 10.7. The van der Waals surface area contributed by atoms with Crippen LogP contribution in [0.15, 0.2) is 42.5 Å². The highest BCUT2D eigenvalue weighted by Gasteiger charge is 2.27. The van der Waals surface area contributed by atoms with E-state index in [1.807, 2.05) is 31.2 Å². The van der Waals surface area contributed by atoms with E-state index in [2.05, 4.69) is 16.3 Å². The third-order valence-electron chi connectivity index (χ3n) is 5.64. The molecule has 1 atom stereocenters. The fourth-order valence-electron chi connectivity index (χ4n) is 4.17. The highest BCUT2D eigenvalue weighted by Crippen LogP contribution is 2.34. The Bertz CT molecular complexity index is 1030. The van der Waals surface area contributed by atoms with Crippen LogP contribution in [0.1, 0.15) is 39.7 Å². The number of ether oxygens (including phenoxy) is 1. The molecular weight excluding hydrogens is 387 g/mol. The summed E-state index contributed by atoms with van der Waals surface area (Å²) in [6, 6.07) is 13.0. The zero-order valence-corrected chi connectivity index (χ0v) is 17.5. The van der Waals surface area contributed by atoms with Gasteiger partial charge in [-0.1, -0.05) is 24.3 Å². The predicted octanol–water partition coefficient (Wildman–Crippen LogP) is 4.92. The standard InChI is InChI=1S/C23H25FN2O2S/c1-15-21-17(24)9-7-11-20(21)29-22(15)23(27)25-14-18(26-12-5-6-13-26)16-8-3-4-10-19(16)28-2/h3-4,7-11,18H,5-6,12-14H2,1-2H3,(H,25,27). The smallest absolute Gasteiger partial charge is 0.261 e. The number of rotatable bonds is 6. The number of para-hydroxylation sites is 1. The van der Waals surface area contributed by atoms with Crippen molar-refractivity contribution in [2.75, 3.05) is 26.7 Å². The number of benzene rings is 2. The van der Waals surface area contributed by atoms with Crippen LogP contribution in [0.5, 0.6) is 5.75 Å². The van der Waals surface area contributed by atoms with Crippen molar-refractivity contribution in [3.63, 3.8) is 0 Å². The zero-order valence-electron chi connectivity index (χ0n) is 16.7. The maximum Gasteiger partial charge on any atom is 0.261 e. The number of likely N-dealkylation sites (tertiary alicyclic amines) is 1. The minimum atomic E-state index is -0.278. The van der Waals surface area contributed by atoms with E-state index in [1.165, 1.54) is 17.4 Å². The van der Waals surface area contributed by atoms with Gasteiger partial charge in [0, 0.05) is 22.2 Å². The van der Waals surface area contributed by atoms with Crippen LogP contribution in [0.25, 0.3) is 10.1 Å². The predicted molar refractivity (Wildman–Crippen MR) is 115 cm³/mol. The molecule has 4 nitrogen and oxygen atoms in total. The molecule has 0 radical (unpaired) electrons. The Balaban J connectivity index is 1.58. The summed E-state index contributed by atoms with van der Waals surface area (Å²) in [5.74, 6) is 0.403. The molecule has 1 aromatic heterocycles. The number of hydrogen-bond acceptors (Lipinski definition) is 4. The van der Waals surface area contributed by atoms with Crippen LogP contribution in [0.2, 0.25) is 0 Å². The molecule has 1 saturated heterocycles. The number of carbonyl (C=O) groups is 1. The first-order valence-electron chi connectivity index (χ1n) is 9.93. The molecule has 1 aliphatic rings. The lowest BCUT2D eigenvalue weighted by Gasteiger charge is -2.29. The summed E-state index contributed by atoms with van der Waals surface area (Å²) < 4.78 is 20.6. The van der Waals surface area contributed by atoms with Crippen LogP contribution < -0.4 is 10.1 Å². The monoisotopic (exact) mass is 412 g/mol. The topological polar surface area (TPSA) is 41.6 Å². The van der Waals surface area contributed by atoms with Gasteiger partial charge in [0.1, 0.15) is 11.6 Å². The van der Waals surface area contributed by atoms with E-state index in [4.69, 9.17) is 4.74 Å². The molecule has 152 valence electrons. The number of aryl methyl sites for hydroxylation is 1. The number of methoxy groups -OCH3 is 1. The van der Waals surface area contributed by atoms with Crippen LogP contribution in [0.3, 0.4) is 0 Å². The van der Waals surface area contributed by atoms with E-state index in [0.29, 0.717) is 22.4 Å². The van der Waals surface area contributed by atoms with Crippen molar-refractivity contribution in [1.29, 1.82) is 0 Å². The Morgan fingerprint density at radius 3 is 2.69 bits per heavy atom. The van der Waals surface area contributed by atoms with Gasteiger partial charge in [-0.15, -0.1) is 11.3 Å². The fourth-order valence-corrected chi connectivity index (χ4v) is 5.31. The van der Waals surface area contributed by atoms with Gasteiger partial charge >= 0.3 is 0 Å². The Hall–Kier alpha value is -2.44. The molecule has 0 spiro atoms. The zero-order chi connectivity index (χ0) is 20.4. The molecule has 6 heteroatoms. The van der Waals surface area contributed by atoms with E-state index in [9.17, 15) is 9.18 Å². The molecule has 1 aliphatic heterocycles. The van der Waals surface area contributed by atoms with Crippen LogP contribution in [0, 0.1) is 12.7 Å². The first-order chi connectivity index (χ1) is 14.1. The molecule has 2 aromatic carbocycles. The molecule has 0 saturated carbocycles. The van der Waals surface area contributed by atoms with Crippen molar-refractivity contribution in [2.24, 2.45) is 0 Å². The van der Waals surface area contributed by atoms with Crippen LogP contribution >= 0.6 is 11.3 Å². The lowest BCUT2D eigenvalue weighted by Crippen LogP contribution is -2.37. The third-order valence-corrected chi connectivity index (χ3v) is 6.90. The Morgan fingerprint density at radius 1 is 1.21 bits per heavy atom. The van der Waals surface area contributed by atoms with Crippen molar-refractivity contribution < 1.29 is 13.9 Å². The van der Waals surface area contributed by atoms with Gasteiger partial charge in [-0.05, 0) is 56.6 Å². The number of halogens is 1. The average molecular weight is 413 g/mol. The summed E-state index contributed by atoms with van der Waals surface area (Å²) in [6.45, 7) is 4.31. The summed E-state index contributed by atoms with van der Waals surface area (Å²) in [6.07, 6.45) is 2.32. The maximum atomic E-state index is 14.2. The van der Waals surface area contributed by atoms with E-state index in [-0.39, 0.29) is 17.8 Å². The quantitative estimate of drug-likeness (QED) is 0.625. The van der Waals surface area contributed by atoms with E-state index < -0.39 is 0 Å². The van der Waals surface area contributed by atoms with Gasteiger partial charge in [0.15, 0.2) is 0 Å². The fraction of sp³-hybridized carbons (Fsp3) is 0.348. The van der Waals surface area contributed by atoms with Crippen LogP contribution in [-0.4, -0.2) is 37.6 Å². The summed E-state index contributed by atoms with van der Waals surface area (Å²) in [5, 5.41) is 3.64. The molecule has 4 rings (SSSR count). The Kier molecular flexibility index (Phi) is 5.83. The summed E-state index contributed by atoms with van der Waals surface area (Å²) in [7, 11) is 1.67. The number of amides is 1. The molecule has 2 heterocycles. The Morgan fingerprint density at radius 2 is 1.97 bits per heavy atom. The number of nitrogens with zero attached hydrogens (tertiary/aromatic N) is 1. The van der Waals surface area contributed by atoms with Crippen molar-refractivity contribution in [3.05, 3.63) is 64.3 Å². The molecular formula is C23H25FN2O2S. The second-order valence-electron chi connectivity index (χ2n) is 7.38. The SMILES string of the molecule is COc1ccccc1C(CNC(=O)c1sc2cccc(F)c2c1C)N1CCCC1. The van der Waals surface area contributed by atoms with Gasteiger partial charge in [-0.2, -0.15) is 0 Å². The lowest BCUT2D eigenvalue weighted by atomic mass is 10.0. The molecule has 3 aromatic rings. The molecule has 1 amide bonds. The van der Waals surface area contributed by atoms with Crippen LogP contribution in [0.4, 0.5) is 4.39 Å². The van der Waals surface area contributed by atoms with Gasteiger partial charge in [0.25, 0.3) is 5.91 Å². The lowest BCUT2D eigenvalue weighted by molar-refractivity contribution is 0.0941. The third kappa shape index (κ3) is 3.87. The first kappa shape index (κ1) is 19.9. The largest absolute Gasteiger partial charge is 0.496 e. The molecule has 1 N–H and O–H groups in total. The van der Waals surface area contributed by atoms with Gasteiger partial charge in [0.2, 0.25) is 0 Å². The van der Waals surface area contributed by atoms with E-state index in [0.717, 1.165) is 41.9 Å². The van der Waals surface area contributed by atoms with E-state index in [1.54, 1.807) is 13.2 Å². The van der Waals surface area contributed by atoms with Crippen molar-refractivity contribution in [3.8, 4) is 5.75 Å². The number of hydrogen-bond donors (Lipinski definition) is 1. The van der Waals surface area contributed by atoms with Crippen molar-refractivity contribution >= 4 is 27.3 Å². The normalized spacial score (nSPS) is 15.6. The molecule has 0 aliphatic carbocycles. The highest BCUT2D eigenvalue weighted by molar-refractivity contribution is 7.21. The molecule has 0 bridgehead atoms. The van der Waals surface area contributed by atoms with Gasteiger partial charge in [-0.25, -0.2) is 4.39 Å². The molecule has 1 unspecified atom stereocenters. The second kappa shape index (κ2) is 8.51. The van der Waals surface area contributed by atoms with Gasteiger partial charge < -0.3 is 10.1 Å². The number of carbonyl (C=O) groups excluding carboxylic acids is 1. The summed E-state index contributed by atoms with van der Waals surface area (Å²) in [5.41, 5.74) is 1.78. The van der Waals surface area contributed by atoms with Crippen LogP contribution in [-0.2, 0) is 0 Å². The number of nitrogens with one attached hydrogen (secondary N) is 1. The second-order valence-corrected chi connectivity index (χ2v) is 8.43. The average Bonchev–Trinajstić information content (AvgIpc) is 3.37. The van der Waals surface area contributed by atoms with Gasteiger partial charge in [-0.3, -0.25) is 9.69 Å². The minimum absolute atomic E-state index is 0.0454. The van der Waals surface area contributed by atoms with Gasteiger partial charge in [0.05, 0.1) is 18.0 Å². The molecule has 1 fully saturated rings.